The van der Waals surface area contributed by atoms with Crippen molar-refractivity contribution < 1.29 is 4.79 Å². The summed E-state index contributed by atoms with van der Waals surface area (Å²) in [6.07, 6.45) is 4.48. The van der Waals surface area contributed by atoms with Crippen LogP contribution in [0.25, 0.3) is 0 Å². The Bertz CT molecular complexity index is 368. The van der Waals surface area contributed by atoms with Gasteiger partial charge in [0.2, 0.25) is 5.91 Å². The van der Waals surface area contributed by atoms with Crippen molar-refractivity contribution in [3.05, 3.63) is 29.3 Å². The number of unbranched alkanes of at least 4 members (excludes halogenated alkanes) is 1. The highest BCUT2D eigenvalue weighted by Gasteiger charge is 2.09. The zero-order valence-corrected chi connectivity index (χ0v) is 12.8. The standard InChI is InChI=1S/C15H22BrNO/c1-3-12-8-7-9-13(4-2)15(12)17-14(18)10-5-6-11-16/h7-9H,3-6,10-11H2,1-2H3,(H,17,18). The van der Waals surface area contributed by atoms with Gasteiger partial charge in [0.1, 0.15) is 0 Å². The molecule has 100 valence electrons. The first kappa shape index (κ1) is 15.2. The molecule has 0 saturated heterocycles. The molecule has 0 saturated carbocycles. The Hall–Kier alpha value is -0.830. The fourth-order valence-electron chi connectivity index (χ4n) is 1.99. The predicted octanol–water partition coefficient (Wildman–Crippen LogP) is 4.32. The lowest BCUT2D eigenvalue weighted by Crippen LogP contribution is -2.14. The lowest BCUT2D eigenvalue weighted by atomic mass is 10.0. The number of benzene rings is 1. The predicted molar refractivity (Wildman–Crippen MR) is 81.5 cm³/mol. The van der Waals surface area contributed by atoms with Gasteiger partial charge in [-0.25, -0.2) is 0 Å². The number of aryl methyl sites for hydroxylation is 2. The van der Waals surface area contributed by atoms with Crippen molar-refractivity contribution >= 4 is 27.5 Å². The number of halogens is 1. The van der Waals surface area contributed by atoms with Crippen LogP contribution in [0.4, 0.5) is 5.69 Å². The van der Waals surface area contributed by atoms with Crippen molar-refractivity contribution in [2.24, 2.45) is 0 Å². The van der Waals surface area contributed by atoms with Gasteiger partial charge in [0.25, 0.3) is 0 Å². The van der Waals surface area contributed by atoms with Crippen LogP contribution in [0, 0.1) is 0 Å². The molecule has 1 rings (SSSR count). The second-order valence-electron chi connectivity index (χ2n) is 4.35. The van der Waals surface area contributed by atoms with Crippen molar-refractivity contribution in [2.45, 2.75) is 46.0 Å². The minimum Gasteiger partial charge on any atom is -0.326 e. The molecule has 2 nitrogen and oxygen atoms in total. The first-order valence-corrected chi connectivity index (χ1v) is 7.81. The summed E-state index contributed by atoms with van der Waals surface area (Å²) in [6.45, 7) is 4.24. The van der Waals surface area contributed by atoms with Crippen LogP contribution in [-0.2, 0) is 17.6 Å². The van der Waals surface area contributed by atoms with E-state index in [4.69, 9.17) is 0 Å². The van der Waals surface area contributed by atoms with Gasteiger partial charge in [0.05, 0.1) is 0 Å². The van der Waals surface area contributed by atoms with E-state index >= 15 is 0 Å². The summed E-state index contributed by atoms with van der Waals surface area (Å²) in [7, 11) is 0. The molecule has 1 aromatic carbocycles. The Kier molecular flexibility index (Phi) is 7.02. The molecule has 1 N–H and O–H groups in total. The minimum absolute atomic E-state index is 0.131. The van der Waals surface area contributed by atoms with E-state index in [1.807, 2.05) is 0 Å². The molecule has 0 aliphatic rings. The van der Waals surface area contributed by atoms with Crippen molar-refractivity contribution in [1.29, 1.82) is 0 Å². The third kappa shape index (κ3) is 4.45. The lowest BCUT2D eigenvalue weighted by molar-refractivity contribution is -0.116. The zero-order valence-electron chi connectivity index (χ0n) is 11.3. The first-order valence-electron chi connectivity index (χ1n) is 6.69. The molecule has 0 atom stereocenters. The molecule has 0 bridgehead atoms. The van der Waals surface area contributed by atoms with Gasteiger partial charge in [-0.1, -0.05) is 48.0 Å². The molecule has 3 heteroatoms. The first-order chi connectivity index (χ1) is 8.72. The van der Waals surface area contributed by atoms with E-state index in [0.29, 0.717) is 6.42 Å². The second-order valence-corrected chi connectivity index (χ2v) is 5.15. The van der Waals surface area contributed by atoms with Crippen LogP contribution in [0.3, 0.4) is 0 Å². The molecule has 0 aromatic heterocycles. The summed E-state index contributed by atoms with van der Waals surface area (Å²) in [4.78, 5) is 11.9. The number of amides is 1. The van der Waals surface area contributed by atoms with Crippen LogP contribution in [-0.4, -0.2) is 11.2 Å². The molecule has 18 heavy (non-hydrogen) atoms. The Balaban J connectivity index is 2.72. The quantitative estimate of drug-likeness (QED) is 0.590. The van der Waals surface area contributed by atoms with E-state index in [0.717, 1.165) is 36.7 Å². The molecule has 1 amide bonds. The van der Waals surface area contributed by atoms with Crippen molar-refractivity contribution in [1.82, 2.24) is 0 Å². The Morgan fingerprint density at radius 1 is 1.17 bits per heavy atom. The van der Waals surface area contributed by atoms with Crippen molar-refractivity contribution in [3.63, 3.8) is 0 Å². The summed E-state index contributed by atoms with van der Waals surface area (Å²) in [5, 5.41) is 4.05. The third-order valence-corrected chi connectivity index (χ3v) is 3.61. The molecular formula is C15H22BrNO. The van der Waals surface area contributed by atoms with Gasteiger partial charge in [0.15, 0.2) is 0 Å². The lowest BCUT2D eigenvalue weighted by Gasteiger charge is -2.14. The number of carbonyl (C=O) groups excluding carboxylic acids is 1. The molecule has 1 aromatic rings. The van der Waals surface area contributed by atoms with Gasteiger partial charge in [0, 0.05) is 17.4 Å². The highest BCUT2D eigenvalue weighted by molar-refractivity contribution is 9.09. The summed E-state index contributed by atoms with van der Waals surface area (Å²) in [6, 6.07) is 6.25. The van der Waals surface area contributed by atoms with Crippen LogP contribution in [0.15, 0.2) is 18.2 Å². The van der Waals surface area contributed by atoms with E-state index < -0.39 is 0 Å². The Labute approximate surface area is 118 Å². The number of hydrogen-bond acceptors (Lipinski definition) is 1. The van der Waals surface area contributed by atoms with E-state index in [2.05, 4.69) is 53.3 Å². The molecular weight excluding hydrogens is 290 g/mol. The average molecular weight is 312 g/mol. The average Bonchev–Trinajstić information content (AvgIpc) is 2.39. The number of anilines is 1. The van der Waals surface area contributed by atoms with Crippen LogP contribution in [0.5, 0.6) is 0 Å². The number of para-hydroxylation sites is 1. The van der Waals surface area contributed by atoms with Gasteiger partial charge < -0.3 is 5.32 Å². The Morgan fingerprint density at radius 3 is 2.28 bits per heavy atom. The number of alkyl halides is 1. The van der Waals surface area contributed by atoms with Crippen molar-refractivity contribution in [2.75, 3.05) is 10.6 Å². The molecule has 0 radical (unpaired) electrons. The molecule has 0 fully saturated rings. The highest BCUT2D eigenvalue weighted by atomic mass is 79.9. The van der Waals surface area contributed by atoms with Crippen LogP contribution in [0.1, 0.15) is 44.2 Å². The number of carbonyl (C=O) groups is 1. The van der Waals surface area contributed by atoms with Gasteiger partial charge >= 0.3 is 0 Å². The van der Waals surface area contributed by atoms with E-state index in [1.54, 1.807) is 0 Å². The highest BCUT2D eigenvalue weighted by Crippen LogP contribution is 2.22. The minimum atomic E-state index is 0.131. The summed E-state index contributed by atoms with van der Waals surface area (Å²) in [5.41, 5.74) is 3.48. The smallest absolute Gasteiger partial charge is 0.224 e. The SMILES string of the molecule is CCc1cccc(CC)c1NC(=O)CCCCBr. The van der Waals surface area contributed by atoms with Gasteiger partial charge in [-0.2, -0.15) is 0 Å². The summed E-state index contributed by atoms with van der Waals surface area (Å²) in [5.74, 6) is 0.131. The maximum atomic E-state index is 11.9. The summed E-state index contributed by atoms with van der Waals surface area (Å²) < 4.78 is 0. The number of nitrogens with one attached hydrogen (secondary N) is 1. The largest absolute Gasteiger partial charge is 0.326 e. The fraction of sp³-hybridized carbons (Fsp3) is 0.533. The molecule has 0 unspecified atom stereocenters. The van der Waals surface area contributed by atoms with Crippen LogP contribution in [0.2, 0.25) is 0 Å². The molecule has 0 spiro atoms. The monoisotopic (exact) mass is 311 g/mol. The second kappa shape index (κ2) is 8.30. The zero-order chi connectivity index (χ0) is 13.4. The van der Waals surface area contributed by atoms with Crippen LogP contribution < -0.4 is 5.32 Å². The third-order valence-electron chi connectivity index (χ3n) is 3.05. The molecule has 0 aliphatic heterocycles. The van der Waals surface area contributed by atoms with Crippen molar-refractivity contribution in [3.8, 4) is 0 Å². The van der Waals surface area contributed by atoms with E-state index in [-0.39, 0.29) is 5.91 Å². The Morgan fingerprint density at radius 2 is 1.78 bits per heavy atom. The van der Waals surface area contributed by atoms with Gasteiger partial charge in [-0.3, -0.25) is 4.79 Å². The van der Waals surface area contributed by atoms with Gasteiger partial charge in [-0.05, 0) is 36.8 Å². The van der Waals surface area contributed by atoms with Gasteiger partial charge in [-0.15, -0.1) is 0 Å². The van der Waals surface area contributed by atoms with Crippen LogP contribution >= 0.6 is 15.9 Å². The topological polar surface area (TPSA) is 29.1 Å². The fourth-order valence-corrected chi connectivity index (χ4v) is 2.38. The normalized spacial score (nSPS) is 10.4. The molecule has 0 heterocycles. The number of rotatable bonds is 7. The molecule has 0 aliphatic carbocycles. The maximum absolute atomic E-state index is 11.9. The number of hydrogen-bond donors (Lipinski definition) is 1. The van der Waals surface area contributed by atoms with E-state index in [9.17, 15) is 4.79 Å². The maximum Gasteiger partial charge on any atom is 0.224 e. The van der Waals surface area contributed by atoms with E-state index in [1.165, 1.54) is 11.1 Å². The summed E-state index contributed by atoms with van der Waals surface area (Å²) >= 11 is 3.38.